The summed E-state index contributed by atoms with van der Waals surface area (Å²) < 4.78 is 4.53. The lowest BCUT2D eigenvalue weighted by Crippen LogP contribution is -2.44. The molecule has 0 aromatic heterocycles. The van der Waals surface area contributed by atoms with Gasteiger partial charge in [-0.3, -0.25) is 14.4 Å². The highest BCUT2D eigenvalue weighted by Crippen LogP contribution is 2.29. The molecule has 0 aliphatic rings. The van der Waals surface area contributed by atoms with Crippen molar-refractivity contribution in [1.82, 2.24) is 0 Å². The van der Waals surface area contributed by atoms with Crippen LogP contribution in [0.4, 0.5) is 0 Å². The van der Waals surface area contributed by atoms with Crippen LogP contribution in [0.25, 0.3) is 0 Å². The van der Waals surface area contributed by atoms with Crippen molar-refractivity contribution in [2.24, 2.45) is 5.41 Å². The van der Waals surface area contributed by atoms with Crippen LogP contribution in [0.5, 0.6) is 0 Å². The van der Waals surface area contributed by atoms with Gasteiger partial charge in [0.15, 0.2) is 17.0 Å². The first kappa shape index (κ1) is 16.6. The molecule has 0 saturated carbocycles. The highest BCUT2D eigenvalue weighted by molar-refractivity contribution is 6.26. The fourth-order valence-corrected chi connectivity index (χ4v) is 2.09. The third-order valence-electron chi connectivity index (χ3n) is 3.45. The molecule has 0 amide bonds. The molecule has 1 N–H and O–H groups in total. The van der Waals surface area contributed by atoms with Crippen molar-refractivity contribution in [3.63, 3.8) is 0 Å². The van der Waals surface area contributed by atoms with Gasteiger partial charge in [0.25, 0.3) is 0 Å². The molecule has 0 saturated heterocycles. The minimum atomic E-state index is -2.09. The van der Waals surface area contributed by atoms with Crippen LogP contribution in [0.3, 0.4) is 0 Å². The zero-order chi connectivity index (χ0) is 16.2. The Hall–Kier alpha value is -2.50. The SMILES string of the molecule is CCC(C(C)=O)(C(=O)O)C(=O)c1ccc(C(=O)OC)cc1. The molecule has 6 nitrogen and oxygen atoms in total. The quantitative estimate of drug-likeness (QED) is 0.487. The van der Waals surface area contributed by atoms with E-state index in [0.29, 0.717) is 0 Å². The Morgan fingerprint density at radius 3 is 1.90 bits per heavy atom. The molecule has 0 aliphatic carbocycles. The highest BCUT2D eigenvalue weighted by atomic mass is 16.5. The van der Waals surface area contributed by atoms with Gasteiger partial charge in [0.1, 0.15) is 0 Å². The monoisotopic (exact) mass is 292 g/mol. The van der Waals surface area contributed by atoms with Crippen LogP contribution in [-0.2, 0) is 14.3 Å². The van der Waals surface area contributed by atoms with E-state index < -0.39 is 28.9 Å². The van der Waals surface area contributed by atoms with Gasteiger partial charge in [0.05, 0.1) is 12.7 Å². The summed E-state index contributed by atoms with van der Waals surface area (Å²) in [5.74, 6) is -3.55. The Morgan fingerprint density at radius 1 is 1.10 bits per heavy atom. The molecule has 21 heavy (non-hydrogen) atoms. The van der Waals surface area contributed by atoms with Gasteiger partial charge in [0, 0.05) is 5.56 Å². The van der Waals surface area contributed by atoms with Gasteiger partial charge in [-0.2, -0.15) is 0 Å². The van der Waals surface area contributed by atoms with Crippen LogP contribution < -0.4 is 0 Å². The first-order chi connectivity index (χ1) is 9.81. The lowest BCUT2D eigenvalue weighted by molar-refractivity contribution is -0.150. The maximum absolute atomic E-state index is 12.4. The van der Waals surface area contributed by atoms with Gasteiger partial charge < -0.3 is 9.84 Å². The molecule has 0 aliphatic heterocycles. The van der Waals surface area contributed by atoms with Crippen molar-refractivity contribution >= 4 is 23.5 Å². The summed E-state index contributed by atoms with van der Waals surface area (Å²) in [5, 5.41) is 9.29. The Labute approximate surface area is 121 Å². The summed E-state index contributed by atoms with van der Waals surface area (Å²) in [7, 11) is 1.23. The fourth-order valence-electron chi connectivity index (χ4n) is 2.09. The van der Waals surface area contributed by atoms with E-state index in [2.05, 4.69) is 4.74 Å². The zero-order valence-electron chi connectivity index (χ0n) is 12.0. The molecule has 0 spiro atoms. The van der Waals surface area contributed by atoms with E-state index in [-0.39, 0.29) is 17.5 Å². The van der Waals surface area contributed by atoms with E-state index >= 15 is 0 Å². The van der Waals surface area contributed by atoms with Gasteiger partial charge in [0.2, 0.25) is 0 Å². The van der Waals surface area contributed by atoms with Crippen molar-refractivity contribution in [3.8, 4) is 0 Å². The molecule has 1 atom stereocenters. The fraction of sp³-hybridized carbons (Fsp3) is 0.333. The Morgan fingerprint density at radius 2 is 1.57 bits per heavy atom. The van der Waals surface area contributed by atoms with Crippen molar-refractivity contribution in [1.29, 1.82) is 0 Å². The Balaban J connectivity index is 3.25. The predicted molar refractivity (Wildman–Crippen MR) is 73.2 cm³/mol. The van der Waals surface area contributed by atoms with Crippen molar-refractivity contribution in [2.75, 3.05) is 7.11 Å². The van der Waals surface area contributed by atoms with Crippen LogP contribution in [0.1, 0.15) is 41.0 Å². The van der Waals surface area contributed by atoms with Crippen LogP contribution in [0, 0.1) is 5.41 Å². The summed E-state index contributed by atoms with van der Waals surface area (Å²) in [4.78, 5) is 46.8. The molecule has 0 fully saturated rings. The van der Waals surface area contributed by atoms with Gasteiger partial charge in [-0.15, -0.1) is 0 Å². The normalized spacial score (nSPS) is 13.1. The van der Waals surface area contributed by atoms with Crippen molar-refractivity contribution in [3.05, 3.63) is 35.4 Å². The molecule has 1 rings (SSSR count). The van der Waals surface area contributed by atoms with Gasteiger partial charge in [-0.25, -0.2) is 4.79 Å². The molecule has 0 heterocycles. The number of ether oxygens (including phenoxy) is 1. The van der Waals surface area contributed by atoms with Crippen LogP contribution >= 0.6 is 0 Å². The number of carboxylic acids is 1. The number of esters is 1. The average Bonchev–Trinajstić information content (AvgIpc) is 2.47. The number of methoxy groups -OCH3 is 1. The smallest absolute Gasteiger partial charge is 0.337 e. The Bertz CT molecular complexity index is 571. The first-order valence-electron chi connectivity index (χ1n) is 6.28. The summed E-state index contributed by atoms with van der Waals surface area (Å²) in [6, 6.07) is 5.32. The molecule has 0 bridgehead atoms. The number of carbonyl (C=O) groups is 4. The van der Waals surface area contributed by atoms with Gasteiger partial charge in [-0.05, 0) is 25.5 Å². The standard InChI is InChI=1S/C15H16O6/c1-4-15(9(2)16,14(19)20)12(17)10-5-7-11(8-6-10)13(18)21-3/h5-8H,4H2,1-3H3,(H,19,20). The third kappa shape index (κ3) is 2.84. The molecule has 1 unspecified atom stereocenters. The lowest BCUT2D eigenvalue weighted by Gasteiger charge is -2.23. The summed E-state index contributed by atoms with van der Waals surface area (Å²) in [6.07, 6.45) is -0.144. The molecular weight excluding hydrogens is 276 g/mol. The van der Waals surface area contributed by atoms with E-state index in [1.165, 1.54) is 38.3 Å². The van der Waals surface area contributed by atoms with E-state index in [9.17, 15) is 24.3 Å². The topological polar surface area (TPSA) is 97.7 Å². The zero-order valence-corrected chi connectivity index (χ0v) is 12.0. The number of Topliss-reactive ketones (excluding diaryl/α,β-unsaturated/α-hetero) is 2. The van der Waals surface area contributed by atoms with Crippen LogP contribution in [0.15, 0.2) is 24.3 Å². The van der Waals surface area contributed by atoms with Crippen molar-refractivity contribution < 1.29 is 29.0 Å². The number of benzene rings is 1. The number of carbonyl (C=O) groups excluding carboxylic acids is 3. The van der Waals surface area contributed by atoms with Gasteiger partial charge >= 0.3 is 11.9 Å². The van der Waals surface area contributed by atoms with Gasteiger partial charge in [-0.1, -0.05) is 19.1 Å². The molecular formula is C15H16O6. The third-order valence-corrected chi connectivity index (χ3v) is 3.45. The second-order valence-electron chi connectivity index (χ2n) is 4.52. The lowest BCUT2D eigenvalue weighted by atomic mass is 9.75. The molecule has 1 aromatic rings. The van der Waals surface area contributed by atoms with E-state index in [1.54, 1.807) is 0 Å². The number of ketones is 2. The van der Waals surface area contributed by atoms with E-state index in [1.807, 2.05) is 0 Å². The average molecular weight is 292 g/mol. The maximum Gasteiger partial charge on any atom is 0.337 e. The number of hydrogen-bond acceptors (Lipinski definition) is 5. The number of hydrogen-bond donors (Lipinski definition) is 1. The molecule has 6 heteroatoms. The van der Waals surface area contributed by atoms with Crippen LogP contribution in [0.2, 0.25) is 0 Å². The summed E-state index contributed by atoms with van der Waals surface area (Å²) in [6.45, 7) is 2.55. The largest absolute Gasteiger partial charge is 0.480 e. The molecule has 1 aromatic carbocycles. The molecule has 0 radical (unpaired) electrons. The van der Waals surface area contributed by atoms with E-state index in [0.717, 1.165) is 6.92 Å². The highest BCUT2D eigenvalue weighted by Gasteiger charge is 2.49. The van der Waals surface area contributed by atoms with E-state index in [4.69, 9.17) is 0 Å². The number of aliphatic carboxylic acids is 1. The molecule has 112 valence electrons. The minimum Gasteiger partial charge on any atom is -0.480 e. The summed E-state index contributed by atoms with van der Waals surface area (Å²) in [5.41, 5.74) is -1.80. The number of carboxylic acid groups (broad SMARTS) is 1. The summed E-state index contributed by atoms with van der Waals surface area (Å²) >= 11 is 0. The Kier molecular flexibility index (Phi) is 4.97. The second-order valence-corrected chi connectivity index (χ2v) is 4.52. The maximum atomic E-state index is 12.4. The predicted octanol–water partition coefficient (Wildman–Crippen LogP) is 1.73. The first-order valence-corrected chi connectivity index (χ1v) is 6.28. The van der Waals surface area contributed by atoms with Crippen LogP contribution in [-0.4, -0.2) is 35.7 Å². The van der Waals surface area contributed by atoms with Crippen molar-refractivity contribution in [2.45, 2.75) is 20.3 Å². The minimum absolute atomic E-state index is 0.0575. The number of rotatable bonds is 6. The second kappa shape index (κ2) is 6.30.